The van der Waals surface area contributed by atoms with E-state index in [4.69, 9.17) is 8.85 Å². The lowest BCUT2D eigenvalue weighted by atomic mass is 10.2. The molecule has 0 aromatic heterocycles. The molecule has 0 N–H and O–H groups in total. The molecule has 0 atom stereocenters. The highest BCUT2D eigenvalue weighted by Crippen LogP contribution is 2.27. The maximum Gasteiger partial charge on any atom is 0.338 e. The Hall–Kier alpha value is -2.62. The highest BCUT2D eigenvalue weighted by molar-refractivity contribution is 6.67. The Balaban J connectivity index is 2.14. The first-order chi connectivity index (χ1) is 12.9. The molecule has 2 aromatic carbocycles. The first kappa shape index (κ1) is 20.7. The highest BCUT2D eigenvalue weighted by Gasteiger charge is 2.35. The van der Waals surface area contributed by atoms with E-state index < -0.39 is 18.4 Å². The average molecular weight is 390 g/mol. The number of nitro groups is 2. The third-order valence-corrected chi connectivity index (χ3v) is 7.93. The molecule has 0 unspecified atom stereocenters. The maximum atomic E-state index is 11.2. The van der Waals surface area contributed by atoms with Gasteiger partial charge in [0.25, 0.3) is 11.4 Å². The zero-order valence-corrected chi connectivity index (χ0v) is 16.3. The smallest absolute Gasteiger partial charge is 0.338 e. The molecule has 8 nitrogen and oxygen atoms in total. The van der Waals surface area contributed by atoms with E-state index in [1.807, 2.05) is 13.8 Å². The summed E-state index contributed by atoms with van der Waals surface area (Å²) >= 11 is 0. The summed E-state index contributed by atoms with van der Waals surface area (Å²) in [5.41, 5.74) is 0.976. The molecule has 2 aromatic rings. The van der Waals surface area contributed by atoms with E-state index in [2.05, 4.69) is 0 Å². The van der Waals surface area contributed by atoms with Gasteiger partial charge in [0.2, 0.25) is 0 Å². The summed E-state index contributed by atoms with van der Waals surface area (Å²) in [6, 6.07) is 14.1. The van der Waals surface area contributed by atoms with Crippen molar-refractivity contribution in [2.75, 3.05) is 0 Å². The predicted molar refractivity (Wildman–Crippen MR) is 102 cm³/mol. The zero-order valence-electron chi connectivity index (χ0n) is 15.3. The summed E-state index contributed by atoms with van der Waals surface area (Å²) < 4.78 is 12.1. The number of benzene rings is 2. The van der Waals surface area contributed by atoms with Gasteiger partial charge in [-0.1, -0.05) is 38.1 Å². The van der Waals surface area contributed by atoms with Crippen molar-refractivity contribution in [3.8, 4) is 0 Å². The Bertz CT molecular complexity index is 746. The van der Waals surface area contributed by atoms with Gasteiger partial charge in [0.15, 0.2) is 0 Å². The SMILES string of the molecule is CC[Si](CC)(OCc1ccccc1[N+](=O)[O-])OCc1ccccc1[N+](=O)[O-]. The van der Waals surface area contributed by atoms with Gasteiger partial charge >= 0.3 is 8.56 Å². The van der Waals surface area contributed by atoms with Crippen molar-refractivity contribution in [1.82, 2.24) is 0 Å². The van der Waals surface area contributed by atoms with E-state index >= 15 is 0 Å². The zero-order chi connectivity index (χ0) is 19.9. The summed E-state index contributed by atoms with van der Waals surface area (Å²) in [5.74, 6) is 0. The Morgan fingerprint density at radius 2 is 1.15 bits per heavy atom. The summed E-state index contributed by atoms with van der Waals surface area (Å²) in [7, 11) is -2.67. The number of hydrogen-bond donors (Lipinski definition) is 0. The van der Waals surface area contributed by atoms with E-state index in [1.165, 1.54) is 12.1 Å². The Morgan fingerprint density at radius 1 is 0.778 bits per heavy atom. The first-order valence-electron chi connectivity index (χ1n) is 8.65. The largest absolute Gasteiger partial charge is 0.389 e. The normalized spacial score (nSPS) is 11.3. The fourth-order valence-corrected chi connectivity index (χ4v) is 4.98. The van der Waals surface area contributed by atoms with Crippen molar-refractivity contribution < 1.29 is 18.7 Å². The second-order valence-electron chi connectivity index (χ2n) is 5.97. The third-order valence-electron chi connectivity index (χ3n) is 4.44. The minimum absolute atomic E-state index is 0.00584. The Morgan fingerprint density at radius 3 is 1.48 bits per heavy atom. The quantitative estimate of drug-likeness (QED) is 0.330. The molecule has 0 radical (unpaired) electrons. The first-order valence-corrected chi connectivity index (χ1v) is 10.9. The summed E-state index contributed by atoms with van der Waals surface area (Å²) in [6.45, 7) is 4.02. The van der Waals surface area contributed by atoms with Gasteiger partial charge in [0.05, 0.1) is 34.2 Å². The number of hydrogen-bond acceptors (Lipinski definition) is 6. The van der Waals surface area contributed by atoms with Crippen LogP contribution in [0.1, 0.15) is 25.0 Å². The molecule has 0 heterocycles. The van der Waals surface area contributed by atoms with Crippen LogP contribution in [0.25, 0.3) is 0 Å². The summed E-state index contributed by atoms with van der Waals surface area (Å²) in [5, 5.41) is 22.3. The van der Waals surface area contributed by atoms with Gasteiger partial charge in [-0.2, -0.15) is 0 Å². The van der Waals surface area contributed by atoms with Crippen LogP contribution in [0.3, 0.4) is 0 Å². The number of nitro benzene ring substituents is 2. The molecule has 0 aliphatic heterocycles. The van der Waals surface area contributed by atoms with Crippen molar-refractivity contribution in [2.45, 2.75) is 39.1 Å². The lowest BCUT2D eigenvalue weighted by molar-refractivity contribution is -0.385. The van der Waals surface area contributed by atoms with Crippen molar-refractivity contribution in [2.24, 2.45) is 0 Å². The van der Waals surface area contributed by atoms with E-state index in [0.29, 0.717) is 23.2 Å². The molecule has 9 heteroatoms. The van der Waals surface area contributed by atoms with Crippen LogP contribution < -0.4 is 0 Å². The molecule has 27 heavy (non-hydrogen) atoms. The maximum absolute atomic E-state index is 11.2. The molecule has 0 bridgehead atoms. The molecule has 0 aliphatic carbocycles. The van der Waals surface area contributed by atoms with Gasteiger partial charge in [0.1, 0.15) is 0 Å². The minimum atomic E-state index is -2.67. The van der Waals surface area contributed by atoms with Crippen molar-refractivity contribution in [3.63, 3.8) is 0 Å². The molecular formula is C18H22N2O6Si. The third kappa shape index (κ3) is 5.19. The van der Waals surface area contributed by atoms with Crippen LogP contribution in [-0.4, -0.2) is 18.4 Å². The molecular weight excluding hydrogens is 368 g/mol. The number of nitrogens with zero attached hydrogens (tertiary/aromatic N) is 2. The van der Waals surface area contributed by atoms with E-state index in [9.17, 15) is 20.2 Å². The summed E-state index contributed by atoms with van der Waals surface area (Å²) in [6.07, 6.45) is 0. The van der Waals surface area contributed by atoms with Gasteiger partial charge in [-0.15, -0.1) is 0 Å². The molecule has 0 saturated carbocycles. The van der Waals surface area contributed by atoms with Crippen molar-refractivity contribution >= 4 is 19.9 Å². The van der Waals surface area contributed by atoms with Gasteiger partial charge in [0, 0.05) is 12.1 Å². The standard InChI is InChI=1S/C18H22N2O6Si/c1-3-27(4-2,25-13-15-9-5-7-11-17(15)19(21)22)26-14-16-10-6-8-12-18(16)20(23)24/h5-12H,3-4,13-14H2,1-2H3. The van der Waals surface area contributed by atoms with E-state index in [0.717, 1.165) is 0 Å². The molecule has 0 amide bonds. The van der Waals surface area contributed by atoms with Gasteiger partial charge in [-0.3, -0.25) is 20.2 Å². The van der Waals surface area contributed by atoms with Crippen LogP contribution in [0.2, 0.25) is 12.1 Å². The van der Waals surface area contributed by atoms with Gasteiger partial charge in [-0.05, 0) is 24.2 Å². The topological polar surface area (TPSA) is 105 Å². The fourth-order valence-electron chi connectivity index (χ4n) is 2.74. The Labute approximate surface area is 158 Å². The molecule has 0 saturated heterocycles. The van der Waals surface area contributed by atoms with Crippen LogP contribution in [0.4, 0.5) is 11.4 Å². The van der Waals surface area contributed by atoms with Crippen molar-refractivity contribution in [1.29, 1.82) is 0 Å². The van der Waals surface area contributed by atoms with Crippen LogP contribution in [-0.2, 0) is 22.1 Å². The lowest BCUT2D eigenvalue weighted by Gasteiger charge is -2.28. The molecule has 144 valence electrons. The molecule has 0 aliphatic rings. The summed E-state index contributed by atoms with van der Waals surface area (Å²) in [4.78, 5) is 21.5. The lowest BCUT2D eigenvalue weighted by Crippen LogP contribution is -2.40. The monoisotopic (exact) mass is 390 g/mol. The average Bonchev–Trinajstić information content (AvgIpc) is 2.69. The number of rotatable bonds is 10. The molecule has 0 fully saturated rings. The van der Waals surface area contributed by atoms with Gasteiger partial charge in [-0.25, -0.2) is 0 Å². The Kier molecular flexibility index (Phi) is 7.17. The minimum Gasteiger partial charge on any atom is -0.389 e. The predicted octanol–water partition coefficient (Wildman–Crippen LogP) is 4.72. The van der Waals surface area contributed by atoms with Gasteiger partial charge < -0.3 is 8.85 Å². The van der Waals surface area contributed by atoms with Crippen LogP contribution in [0.5, 0.6) is 0 Å². The van der Waals surface area contributed by atoms with Crippen LogP contribution >= 0.6 is 0 Å². The second kappa shape index (κ2) is 9.35. The second-order valence-corrected chi connectivity index (χ2v) is 9.78. The fraction of sp³-hybridized carbons (Fsp3) is 0.333. The highest BCUT2D eigenvalue weighted by atomic mass is 28.4. The van der Waals surface area contributed by atoms with Crippen molar-refractivity contribution in [3.05, 3.63) is 79.9 Å². The van der Waals surface area contributed by atoms with Crippen LogP contribution in [0.15, 0.2) is 48.5 Å². The van der Waals surface area contributed by atoms with E-state index in [1.54, 1.807) is 36.4 Å². The van der Waals surface area contributed by atoms with Crippen LogP contribution in [0, 0.1) is 20.2 Å². The molecule has 2 rings (SSSR count). The molecule has 0 spiro atoms. The van der Waals surface area contributed by atoms with E-state index in [-0.39, 0.29) is 24.6 Å². The number of para-hydroxylation sites is 2.